The molecule has 0 aromatic carbocycles. The van der Waals surface area contributed by atoms with Gasteiger partial charge in [0.05, 0.1) is 10.4 Å². The molecule has 1 aromatic heterocycles. The van der Waals surface area contributed by atoms with Gasteiger partial charge in [-0.2, -0.15) is 0 Å². The zero-order valence-electron chi connectivity index (χ0n) is 11.1. The summed E-state index contributed by atoms with van der Waals surface area (Å²) in [6.45, 7) is 0. The van der Waals surface area contributed by atoms with Crippen LogP contribution in [0.4, 0.5) is 0 Å². The number of alkyl halides is 1. The standard InChI is InChI=1S/C15H20BrNOS/c16-10-15(7-3-4-8-15)17-14(18)13-9-11-5-1-2-6-12(11)19-13/h9H,1-8,10H2,(H,17,18). The first-order valence-corrected chi connectivity index (χ1v) is 9.16. The highest BCUT2D eigenvalue weighted by molar-refractivity contribution is 9.09. The molecule has 4 heteroatoms. The van der Waals surface area contributed by atoms with Gasteiger partial charge in [0.2, 0.25) is 0 Å². The highest BCUT2D eigenvalue weighted by Gasteiger charge is 2.34. The van der Waals surface area contributed by atoms with Crippen molar-refractivity contribution in [1.29, 1.82) is 0 Å². The molecule has 1 N–H and O–H groups in total. The van der Waals surface area contributed by atoms with Crippen LogP contribution in [-0.2, 0) is 12.8 Å². The molecule has 1 heterocycles. The first-order chi connectivity index (χ1) is 9.22. The first kappa shape index (κ1) is 13.6. The smallest absolute Gasteiger partial charge is 0.261 e. The Morgan fingerprint density at radius 3 is 2.68 bits per heavy atom. The minimum atomic E-state index is 0.00157. The number of rotatable bonds is 3. The van der Waals surface area contributed by atoms with E-state index in [9.17, 15) is 4.79 Å². The van der Waals surface area contributed by atoms with E-state index in [0.717, 1.165) is 35.9 Å². The van der Waals surface area contributed by atoms with Gasteiger partial charge in [0, 0.05) is 10.2 Å². The SMILES string of the molecule is O=C(NC1(CBr)CCCC1)c1cc2c(s1)CCCC2. The van der Waals surface area contributed by atoms with Gasteiger partial charge in [0.15, 0.2) is 0 Å². The molecule has 2 aliphatic rings. The van der Waals surface area contributed by atoms with Crippen LogP contribution in [0, 0.1) is 0 Å². The molecule has 2 aliphatic carbocycles. The van der Waals surface area contributed by atoms with E-state index in [1.165, 1.54) is 36.1 Å². The van der Waals surface area contributed by atoms with Gasteiger partial charge in [-0.05, 0) is 50.2 Å². The Balaban J connectivity index is 1.74. The summed E-state index contributed by atoms with van der Waals surface area (Å²) in [6, 6.07) is 2.13. The average Bonchev–Trinajstić information content (AvgIpc) is 3.05. The Kier molecular flexibility index (Phi) is 3.99. The molecular formula is C15H20BrNOS. The van der Waals surface area contributed by atoms with Crippen molar-refractivity contribution in [3.05, 3.63) is 21.4 Å². The minimum absolute atomic E-state index is 0.00157. The van der Waals surface area contributed by atoms with Crippen LogP contribution in [0.3, 0.4) is 0 Å². The van der Waals surface area contributed by atoms with Crippen LogP contribution in [0.25, 0.3) is 0 Å². The summed E-state index contributed by atoms with van der Waals surface area (Å²) < 4.78 is 0. The lowest BCUT2D eigenvalue weighted by molar-refractivity contribution is 0.0914. The predicted octanol–water partition coefficient (Wildman–Crippen LogP) is 4.06. The number of hydrogen-bond donors (Lipinski definition) is 1. The lowest BCUT2D eigenvalue weighted by Crippen LogP contribution is -2.47. The fourth-order valence-electron chi connectivity index (χ4n) is 3.25. The van der Waals surface area contributed by atoms with Gasteiger partial charge in [-0.15, -0.1) is 11.3 Å². The number of hydrogen-bond acceptors (Lipinski definition) is 2. The second kappa shape index (κ2) is 5.57. The summed E-state index contributed by atoms with van der Waals surface area (Å²) in [4.78, 5) is 14.8. The lowest BCUT2D eigenvalue weighted by atomic mass is 9.98. The highest BCUT2D eigenvalue weighted by Crippen LogP contribution is 2.33. The molecule has 1 amide bonds. The molecule has 1 fully saturated rings. The second-order valence-corrected chi connectivity index (χ2v) is 7.54. The number of nitrogens with one attached hydrogen (secondary N) is 1. The lowest BCUT2D eigenvalue weighted by Gasteiger charge is -2.27. The largest absolute Gasteiger partial charge is 0.345 e. The molecule has 0 radical (unpaired) electrons. The molecule has 0 bridgehead atoms. The minimum Gasteiger partial charge on any atom is -0.345 e. The fraction of sp³-hybridized carbons (Fsp3) is 0.667. The third kappa shape index (κ3) is 2.75. The molecule has 0 spiro atoms. The maximum Gasteiger partial charge on any atom is 0.261 e. The summed E-state index contributed by atoms with van der Waals surface area (Å²) in [5.41, 5.74) is 1.42. The predicted molar refractivity (Wildman–Crippen MR) is 83.4 cm³/mol. The van der Waals surface area contributed by atoms with Crippen LogP contribution in [0.5, 0.6) is 0 Å². The number of carbonyl (C=O) groups is 1. The van der Waals surface area contributed by atoms with E-state index in [-0.39, 0.29) is 11.4 Å². The van der Waals surface area contributed by atoms with Crippen molar-refractivity contribution >= 4 is 33.2 Å². The molecule has 0 aliphatic heterocycles. The number of halogens is 1. The van der Waals surface area contributed by atoms with Crippen LogP contribution in [0.1, 0.15) is 58.6 Å². The van der Waals surface area contributed by atoms with Crippen molar-refractivity contribution in [1.82, 2.24) is 5.32 Å². The van der Waals surface area contributed by atoms with Crippen LogP contribution in [-0.4, -0.2) is 16.8 Å². The second-order valence-electron chi connectivity index (χ2n) is 5.84. The third-order valence-electron chi connectivity index (χ3n) is 4.42. The quantitative estimate of drug-likeness (QED) is 0.825. The first-order valence-electron chi connectivity index (χ1n) is 7.22. The van der Waals surface area contributed by atoms with Gasteiger partial charge in [-0.25, -0.2) is 0 Å². The van der Waals surface area contributed by atoms with Crippen molar-refractivity contribution in [3.8, 4) is 0 Å². The van der Waals surface area contributed by atoms with Gasteiger partial charge in [0.1, 0.15) is 0 Å². The normalized spacial score (nSPS) is 21.1. The molecular weight excluding hydrogens is 322 g/mol. The number of fused-ring (bicyclic) bond motifs is 1. The van der Waals surface area contributed by atoms with Gasteiger partial charge >= 0.3 is 0 Å². The summed E-state index contributed by atoms with van der Waals surface area (Å²) in [5, 5.41) is 4.16. The van der Waals surface area contributed by atoms with Crippen LogP contribution in [0.15, 0.2) is 6.07 Å². The number of aryl methyl sites for hydroxylation is 2. The Bertz CT molecular complexity index is 453. The number of amides is 1. The number of thiophene rings is 1. The fourth-order valence-corrected chi connectivity index (χ4v) is 5.10. The summed E-state index contributed by atoms with van der Waals surface area (Å²) in [5.74, 6) is 0.140. The Morgan fingerprint density at radius 1 is 1.26 bits per heavy atom. The molecule has 0 saturated heterocycles. The van der Waals surface area contributed by atoms with Crippen molar-refractivity contribution in [3.63, 3.8) is 0 Å². The molecule has 104 valence electrons. The van der Waals surface area contributed by atoms with Crippen molar-refractivity contribution < 1.29 is 4.79 Å². The molecule has 0 atom stereocenters. The van der Waals surface area contributed by atoms with E-state index in [4.69, 9.17) is 0 Å². The van der Waals surface area contributed by atoms with E-state index in [0.29, 0.717) is 0 Å². The maximum atomic E-state index is 12.5. The van der Waals surface area contributed by atoms with Gasteiger partial charge in [-0.1, -0.05) is 28.8 Å². The summed E-state index contributed by atoms with van der Waals surface area (Å²) in [7, 11) is 0. The molecule has 1 saturated carbocycles. The van der Waals surface area contributed by atoms with E-state index in [1.54, 1.807) is 11.3 Å². The van der Waals surface area contributed by atoms with Gasteiger partial charge < -0.3 is 5.32 Å². The van der Waals surface area contributed by atoms with Crippen LogP contribution in [0.2, 0.25) is 0 Å². The van der Waals surface area contributed by atoms with Gasteiger partial charge in [-0.3, -0.25) is 4.79 Å². The van der Waals surface area contributed by atoms with E-state index in [2.05, 4.69) is 27.3 Å². The van der Waals surface area contributed by atoms with E-state index in [1.807, 2.05) is 0 Å². The van der Waals surface area contributed by atoms with Crippen LogP contribution >= 0.6 is 27.3 Å². The Labute approximate surface area is 127 Å². The van der Waals surface area contributed by atoms with Crippen LogP contribution < -0.4 is 5.32 Å². The van der Waals surface area contributed by atoms with E-state index < -0.39 is 0 Å². The Morgan fingerprint density at radius 2 is 2.00 bits per heavy atom. The monoisotopic (exact) mass is 341 g/mol. The molecule has 3 rings (SSSR count). The maximum absolute atomic E-state index is 12.5. The zero-order chi connectivity index (χ0) is 13.3. The Hall–Kier alpha value is -0.350. The van der Waals surface area contributed by atoms with E-state index >= 15 is 0 Å². The molecule has 2 nitrogen and oxygen atoms in total. The molecule has 0 unspecified atom stereocenters. The molecule has 19 heavy (non-hydrogen) atoms. The zero-order valence-corrected chi connectivity index (χ0v) is 13.5. The van der Waals surface area contributed by atoms with Crippen molar-refractivity contribution in [2.45, 2.75) is 56.9 Å². The van der Waals surface area contributed by atoms with Crippen molar-refractivity contribution in [2.75, 3.05) is 5.33 Å². The third-order valence-corrected chi connectivity index (χ3v) is 6.72. The topological polar surface area (TPSA) is 29.1 Å². The molecule has 1 aromatic rings. The van der Waals surface area contributed by atoms with Crippen molar-refractivity contribution in [2.24, 2.45) is 0 Å². The summed E-state index contributed by atoms with van der Waals surface area (Å²) in [6.07, 6.45) is 9.54. The number of carbonyl (C=O) groups excluding carboxylic acids is 1. The summed E-state index contributed by atoms with van der Waals surface area (Å²) >= 11 is 5.29. The van der Waals surface area contributed by atoms with Gasteiger partial charge in [0.25, 0.3) is 5.91 Å². The average molecular weight is 342 g/mol. The highest BCUT2D eigenvalue weighted by atomic mass is 79.9.